The Morgan fingerprint density at radius 1 is 1.44 bits per heavy atom. The van der Waals surface area contributed by atoms with Crippen molar-refractivity contribution in [2.45, 2.75) is 45.2 Å². The lowest BCUT2D eigenvalue weighted by Gasteiger charge is -2.39. The number of carbonyl (C=O) groups is 1. The minimum atomic E-state index is -0.485. The molecule has 1 aromatic heterocycles. The van der Waals surface area contributed by atoms with Gasteiger partial charge in [0, 0.05) is 26.3 Å². The van der Waals surface area contributed by atoms with E-state index in [4.69, 9.17) is 9.26 Å². The van der Waals surface area contributed by atoms with Crippen LogP contribution in [0.5, 0.6) is 0 Å². The number of aliphatic hydroxyl groups is 1. The van der Waals surface area contributed by atoms with Crippen LogP contribution in [0.2, 0.25) is 0 Å². The summed E-state index contributed by atoms with van der Waals surface area (Å²) in [5, 5.41) is 14.0. The third kappa shape index (κ3) is 3.73. The van der Waals surface area contributed by atoms with Crippen LogP contribution in [0.4, 0.5) is 0 Å². The van der Waals surface area contributed by atoms with Crippen molar-refractivity contribution in [1.29, 1.82) is 0 Å². The van der Waals surface area contributed by atoms with Gasteiger partial charge < -0.3 is 19.3 Å². The molecule has 0 radical (unpaired) electrons. The Kier molecular flexibility index (Phi) is 5.18. The fourth-order valence-corrected chi connectivity index (χ4v) is 4.46. The Balaban J connectivity index is 1.63. The molecule has 1 N–H and O–H groups in total. The number of hydrogen-bond donors (Lipinski definition) is 1. The van der Waals surface area contributed by atoms with E-state index in [1.165, 1.54) is 7.11 Å². The monoisotopic (exact) mass is 351 g/mol. The molecule has 0 bridgehead atoms. The number of aromatic nitrogens is 1. The summed E-state index contributed by atoms with van der Waals surface area (Å²) in [6.45, 7) is 7.41. The van der Waals surface area contributed by atoms with E-state index >= 15 is 0 Å². The number of rotatable bonds is 5. The van der Waals surface area contributed by atoms with E-state index in [1.54, 1.807) is 0 Å². The summed E-state index contributed by atoms with van der Waals surface area (Å²) >= 11 is 0. The zero-order valence-electron chi connectivity index (χ0n) is 15.5. The lowest BCUT2D eigenvalue weighted by Crippen LogP contribution is -2.49. The first kappa shape index (κ1) is 18.4. The number of amides is 1. The summed E-state index contributed by atoms with van der Waals surface area (Å²) in [5.41, 5.74) is 0.579. The van der Waals surface area contributed by atoms with Crippen LogP contribution < -0.4 is 0 Å². The molecule has 3 rings (SSSR count). The van der Waals surface area contributed by atoms with Gasteiger partial charge in [-0.05, 0) is 51.6 Å². The van der Waals surface area contributed by atoms with Gasteiger partial charge >= 0.3 is 0 Å². The molecule has 7 nitrogen and oxygen atoms in total. The van der Waals surface area contributed by atoms with Crippen LogP contribution in [0.3, 0.4) is 0 Å². The van der Waals surface area contributed by atoms with E-state index in [2.05, 4.69) is 10.1 Å². The normalized spacial score (nSPS) is 26.5. The zero-order valence-corrected chi connectivity index (χ0v) is 15.5. The van der Waals surface area contributed by atoms with Crippen LogP contribution in [0.15, 0.2) is 10.6 Å². The highest BCUT2D eigenvalue weighted by atomic mass is 16.5. The molecule has 2 aliphatic rings. The molecule has 0 aliphatic carbocycles. The van der Waals surface area contributed by atoms with Crippen molar-refractivity contribution in [3.05, 3.63) is 17.5 Å². The largest absolute Gasteiger partial charge is 0.394 e. The minimum Gasteiger partial charge on any atom is -0.394 e. The second kappa shape index (κ2) is 7.05. The van der Waals surface area contributed by atoms with Crippen molar-refractivity contribution < 1.29 is 19.2 Å². The summed E-state index contributed by atoms with van der Waals surface area (Å²) in [6, 6.07) is 1.98. The van der Waals surface area contributed by atoms with Crippen LogP contribution in [-0.4, -0.2) is 71.5 Å². The average molecular weight is 351 g/mol. The fourth-order valence-electron chi connectivity index (χ4n) is 4.46. The smallest absolute Gasteiger partial charge is 0.249 e. The second-order valence-corrected chi connectivity index (χ2v) is 7.95. The molecule has 0 saturated carbocycles. The van der Waals surface area contributed by atoms with Crippen molar-refractivity contribution in [3.8, 4) is 0 Å². The van der Waals surface area contributed by atoms with Crippen LogP contribution in [0.25, 0.3) is 0 Å². The maximum atomic E-state index is 12.4. The van der Waals surface area contributed by atoms with Crippen molar-refractivity contribution in [2.75, 3.05) is 40.0 Å². The summed E-state index contributed by atoms with van der Waals surface area (Å²) in [4.78, 5) is 16.6. The first-order chi connectivity index (χ1) is 11.9. The van der Waals surface area contributed by atoms with E-state index < -0.39 is 5.54 Å². The molecule has 0 aromatic carbocycles. The highest BCUT2D eigenvalue weighted by Gasteiger charge is 2.52. The first-order valence-electron chi connectivity index (χ1n) is 8.95. The molecular weight excluding hydrogens is 322 g/mol. The van der Waals surface area contributed by atoms with E-state index in [0.29, 0.717) is 6.54 Å². The molecule has 140 valence electrons. The van der Waals surface area contributed by atoms with Crippen molar-refractivity contribution in [1.82, 2.24) is 15.0 Å². The summed E-state index contributed by atoms with van der Waals surface area (Å²) in [5.74, 6) is 0.807. The molecule has 2 fully saturated rings. The molecule has 1 aromatic rings. The van der Waals surface area contributed by atoms with Gasteiger partial charge in [0.05, 0.1) is 17.8 Å². The summed E-state index contributed by atoms with van der Waals surface area (Å²) in [6.07, 6.45) is 2.90. The molecule has 25 heavy (non-hydrogen) atoms. The highest BCUT2D eigenvalue weighted by molar-refractivity contribution is 5.78. The Bertz CT molecular complexity index is 609. The quantitative estimate of drug-likeness (QED) is 0.859. The number of methoxy groups -OCH3 is 1. The zero-order chi connectivity index (χ0) is 18.1. The fraction of sp³-hybridized carbons (Fsp3) is 0.778. The van der Waals surface area contributed by atoms with E-state index in [0.717, 1.165) is 50.4 Å². The van der Waals surface area contributed by atoms with Gasteiger partial charge in [0.15, 0.2) is 0 Å². The van der Waals surface area contributed by atoms with Gasteiger partial charge in [-0.1, -0.05) is 5.16 Å². The van der Waals surface area contributed by atoms with Gasteiger partial charge in [-0.25, -0.2) is 0 Å². The molecule has 2 aliphatic heterocycles. The standard InChI is InChI=1S/C18H29N3O4/c1-14-8-15(19-25-14)9-20-6-4-18(5-7-20)11-17(2,13-22)21(12-18)16(23)10-24-3/h8,22H,4-7,9-13H2,1-3H3. The Labute approximate surface area is 148 Å². The third-order valence-electron chi connectivity index (χ3n) is 5.79. The number of aliphatic hydroxyl groups excluding tert-OH is 1. The lowest BCUT2D eigenvalue weighted by atomic mass is 9.74. The van der Waals surface area contributed by atoms with Crippen LogP contribution in [-0.2, 0) is 16.1 Å². The van der Waals surface area contributed by atoms with Gasteiger partial charge in [-0.3, -0.25) is 9.69 Å². The van der Waals surface area contributed by atoms with Crippen LogP contribution in [0, 0.1) is 12.3 Å². The predicted octanol–water partition coefficient (Wildman–Crippen LogP) is 1.19. The Hall–Kier alpha value is -1.44. The number of ether oxygens (including phenoxy) is 1. The number of likely N-dealkylation sites (tertiary alicyclic amines) is 2. The molecule has 1 spiro atoms. The molecule has 7 heteroatoms. The summed E-state index contributed by atoms with van der Waals surface area (Å²) in [7, 11) is 1.53. The van der Waals surface area contributed by atoms with Gasteiger partial charge in [-0.2, -0.15) is 0 Å². The molecule has 3 heterocycles. The van der Waals surface area contributed by atoms with Crippen LogP contribution in [0.1, 0.15) is 37.6 Å². The van der Waals surface area contributed by atoms with Crippen LogP contribution >= 0.6 is 0 Å². The Morgan fingerprint density at radius 3 is 2.72 bits per heavy atom. The number of aryl methyl sites for hydroxylation is 1. The van der Waals surface area contributed by atoms with Crippen molar-refractivity contribution in [3.63, 3.8) is 0 Å². The number of piperidine rings is 1. The first-order valence-corrected chi connectivity index (χ1v) is 8.95. The summed E-state index contributed by atoms with van der Waals surface area (Å²) < 4.78 is 10.2. The van der Waals surface area contributed by atoms with Crippen molar-refractivity contribution in [2.24, 2.45) is 5.41 Å². The maximum absolute atomic E-state index is 12.4. The molecule has 1 unspecified atom stereocenters. The second-order valence-electron chi connectivity index (χ2n) is 7.95. The molecular formula is C18H29N3O4. The maximum Gasteiger partial charge on any atom is 0.249 e. The lowest BCUT2D eigenvalue weighted by molar-refractivity contribution is -0.140. The Morgan fingerprint density at radius 2 is 2.16 bits per heavy atom. The third-order valence-corrected chi connectivity index (χ3v) is 5.79. The van der Waals surface area contributed by atoms with E-state index in [1.807, 2.05) is 24.8 Å². The average Bonchev–Trinajstić information content (AvgIpc) is 3.12. The number of carbonyl (C=O) groups excluding carboxylic acids is 1. The van der Waals surface area contributed by atoms with Gasteiger partial charge in [0.25, 0.3) is 0 Å². The SMILES string of the molecule is COCC(=O)N1CC2(CCN(Cc3cc(C)on3)CC2)CC1(C)CO. The number of hydrogen-bond acceptors (Lipinski definition) is 6. The van der Waals surface area contributed by atoms with E-state index in [-0.39, 0.29) is 24.5 Å². The van der Waals surface area contributed by atoms with Crippen molar-refractivity contribution >= 4 is 5.91 Å². The van der Waals surface area contributed by atoms with Gasteiger partial charge in [-0.15, -0.1) is 0 Å². The molecule has 2 saturated heterocycles. The van der Waals surface area contributed by atoms with Gasteiger partial charge in [0.1, 0.15) is 12.4 Å². The highest BCUT2D eigenvalue weighted by Crippen LogP contribution is 2.48. The number of nitrogens with zero attached hydrogens (tertiary/aromatic N) is 3. The van der Waals surface area contributed by atoms with E-state index in [9.17, 15) is 9.90 Å². The topological polar surface area (TPSA) is 79.0 Å². The van der Waals surface area contributed by atoms with Gasteiger partial charge in [0.2, 0.25) is 5.91 Å². The predicted molar refractivity (Wildman–Crippen MR) is 91.9 cm³/mol. The molecule has 1 amide bonds. The minimum absolute atomic E-state index is 0.00780. The molecule has 1 atom stereocenters.